The molecule has 0 aliphatic carbocycles. The van der Waals surface area contributed by atoms with E-state index in [9.17, 15) is 4.79 Å². The number of nitrogens with zero attached hydrogens (tertiary/aromatic N) is 1. The van der Waals surface area contributed by atoms with Crippen LogP contribution in [0.1, 0.15) is 20.8 Å². The van der Waals surface area contributed by atoms with Crippen molar-refractivity contribution < 1.29 is 9.53 Å². The molecule has 0 saturated heterocycles. The number of hydrogen-bond donors (Lipinski definition) is 2. The van der Waals surface area contributed by atoms with E-state index in [0.29, 0.717) is 21.5 Å². The van der Waals surface area contributed by atoms with Gasteiger partial charge in [0.05, 0.1) is 11.1 Å². The standard InChI is InChI=1S/C17H19Cl2N3O2.2ClH/c1-17(2,3)14(20)15(23)22-11-4-6-12(7-5-11)24-16-13(19)8-10(18)9-21-16;;/h4-9,14H,20H2,1-3H3,(H,22,23);2*1H/t14-;;/m1../s1. The predicted molar refractivity (Wildman–Crippen MR) is 111 cm³/mol. The van der Waals surface area contributed by atoms with Crippen molar-refractivity contribution >= 4 is 59.6 Å². The van der Waals surface area contributed by atoms with Crippen molar-refractivity contribution in [3.05, 3.63) is 46.6 Å². The molecule has 0 radical (unpaired) electrons. The monoisotopic (exact) mass is 439 g/mol. The average Bonchev–Trinajstić information content (AvgIpc) is 2.50. The van der Waals surface area contributed by atoms with Crippen LogP contribution < -0.4 is 15.8 Å². The van der Waals surface area contributed by atoms with E-state index < -0.39 is 6.04 Å². The molecule has 26 heavy (non-hydrogen) atoms. The first-order valence-corrected chi connectivity index (χ1v) is 8.08. The number of nitrogens with two attached hydrogens (primary N) is 1. The SMILES string of the molecule is CC(C)(C)[C@H](N)C(=O)Nc1ccc(Oc2ncc(Cl)cc2Cl)cc1.Cl.Cl. The highest BCUT2D eigenvalue weighted by atomic mass is 35.5. The molecule has 5 nitrogen and oxygen atoms in total. The third-order valence-electron chi connectivity index (χ3n) is 3.33. The van der Waals surface area contributed by atoms with E-state index in [1.165, 1.54) is 6.20 Å². The molecule has 0 saturated carbocycles. The van der Waals surface area contributed by atoms with Crippen LogP contribution in [0.3, 0.4) is 0 Å². The van der Waals surface area contributed by atoms with Gasteiger partial charge in [-0.25, -0.2) is 4.98 Å². The van der Waals surface area contributed by atoms with E-state index in [2.05, 4.69) is 10.3 Å². The van der Waals surface area contributed by atoms with Gasteiger partial charge in [-0.05, 0) is 35.7 Å². The number of rotatable bonds is 4. The summed E-state index contributed by atoms with van der Waals surface area (Å²) in [6.45, 7) is 5.74. The molecule has 0 bridgehead atoms. The van der Waals surface area contributed by atoms with Gasteiger partial charge in [-0.3, -0.25) is 4.79 Å². The largest absolute Gasteiger partial charge is 0.438 e. The maximum absolute atomic E-state index is 12.1. The molecule has 1 heterocycles. The summed E-state index contributed by atoms with van der Waals surface area (Å²) in [5, 5.41) is 3.53. The summed E-state index contributed by atoms with van der Waals surface area (Å²) in [6.07, 6.45) is 1.45. The van der Waals surface area contributed by atoms with Crippen molar-refractivity contribution in [2.24, 2.45) is 11.1 Å². The van der Waals surface area contributed by atoms with Crippen molar-refractivity contribution in [3.8, 4) is 11.6 Å². The fourth-order valence-electron chi connectivity index (χ4n) is 1.81. The maximum atomic E-state index is 12.1. The Morgan fingerprint density at radius 1 is 1.19 bits per heavy atom. The average molecular weight is 441 g/mol. The summed E-state index contributed by atoms with van der Waals surface area (Å²) >= 11 is 11.8. The Balaban J connectivity index is 0.00000312. The number of ether oxygens (including phenoxy) is 1. The van der Waals surface area contributed by atoms with Crippen LogP contribution in [0.15, 0.2) is 36.5 Å². The molecule has 1 amide bonds. The highest BCUT2D eigenvalue weighted by molar-refractivity contribution is 6.35. The number of carbonyl (C=O) groups is 1. The topological polar surface area (TPSA) is 77.2 Å². The van der Waals surface area contributed by atoms with E-state index in [0.717, 1.165) is 0 Å². The van der Waals surface area contributed by atoms with E-state index in [4.69, 9.17) is 33.7 Å². The molecule has 1 aromatic heterocycles. The zero-order chi connectivity index (χ0) is 17.9. The number of aromatic nitrogens is 1. The molecule has 144 valence electrons. The lowest BCUT2D eigenvalue weighted by molar-refractivity contribution is -0.119. The third kappa shape index (κ3) is 6.82. The van der Waals surface area contributed by atoms with Crippen LogP contribution in [0.5, 0.6) is 11.6 Å². The lowest BCUT2D eigenvalue weighted by atomic mass is 9.87. The minimum atomic E-state index is -0.606. The van der Waals surface area contributed by atoms with Crippen molar-refractivity contribution in [2.45, 2.75) is 26.8 Å². The minimum Gasteiger partial charge on any atom is -0.438 e. The van der Waals surface area contributed by atoms with Gasteiger partial charge >= 0.3 is 0 Å². The summed E-state index contributed by atoms with van der Waals surface area (Å²) in [4.78, 5) is 16.1. The second-order valence-corrected chi connectivity index (χ2v) is 7.24. The van der Waals surface area contributed by atoms with Crippen LogP contribution in [0.4, 0.5) is 5.69 Å². The quantitative estimate of drug-likeness (QED) is 0.672. The Morgan fingerprint density at radius 3 is 2.27 bits per heavy atom. The fourth-order valence-corrected chi connectivity index (χ4v) is 2.23. The number of halogens is 4. The normalized spacial score (nSPS) is 11.6. The molecule has 0 aliphatic heterocycles. The molecular formula is C17H21Cl4N3O2. The Morgan fingerprint density at radius 2 is 1.77 bits per heavy atom. The summed E-state index contributed by atoms with van der Waals surface area (Å²) in [5.41, 5.74) is 6.24. The molecule has 3 N–H and O–H groups in total. The molecule has 0 aliphatic rings. The van der Waals surface area contributed by atoms with Crippen molar-refractivity contribution in [1.29, 1.82) is 0 Å². The molecular weight excluding hydrogens is 420 g/mol. The van der Waals surface area contributed by atoms with Gasteiger partial charge in [0.15, 0.2) is 0 Å². The smallest absolute Gasteiger partial charge is 0.241 e. The Hall–Kier alpha value is -1.24. The molecule has 9 heteroatoms. The zero-order valence-corrected chi connectivity index (χ0v) is 17.6. The summed E-state index contributed by atoms with van der Waals surface area (Å²) in [7, 11) is 0. The van der Waals surface area contributed by atoms with Gasteiger partial charge in [-0.15, -0.1) is 24.8 Å². The highest BCUT2D eigenvalue weighted by Crippen LogP contribution is 2.29. The van der Waals surface area contributed by atoms with Crippen LogP contribution in [0.2, 0.25) is 10.0 Å². The van der Waals surface area contributed by atoms with Crippen LogP contribution in [-0.4, -0.2) is 16.9 Å². The van der Waals surface area contributed by atoms with Crippen LogP contribution in [0, 0.1) is 5.41 Å². The molecule has 0 fully saturated rings. The Kier molecular flexibility index (Phi) is 9.70. The summed E-state index contributed by atoms with van der Waals surface area (Å²) in [6, 6.07) is 7.77. The van der Waals surface area contributed by atoms with E-state index in [1.54, 1.807) is 30.3 Å². The van der Waals surface area contributed by atoms with E-state index in [-0.39, 0.29) is 42.0 Å². The lowest BCUT2D eigenvalue weighted by Gasteiger charge is -2.25. The van der Waals surface area contributed by atoms with Gasteiger partial charge in [0.1, 0.15) is 10.8 Å². The van der Waals surface area contributed by atoms with Gasteiger partial charge < -0.3 is 15.8 Å². The first-order valence-electron chi connectivity index (χ1n) is 7.32. The first kappa shape index (κ1) is 24.8. The minimum absolute atomic E-state index is 0. The zero-order valence-electron chi connectivity index (χ0n) is 14.5. The molecule has 2 aromatic rings. The van der Waals surface area contributed by atoms with Gasteiger partial charge in [0.25, 0.3) is 0 Å². The van der Waals surface area contributed by atoms with Gasteiger partial charge in [-0.1, -0.05) is 44.0 Å². The highest BCUT2D eigenvalue weighted by Gasteiger charge is 2.27. The van der Waals surface area contributed by atoms with E-state index in [1.807, 2.05) is 20.8 Å². The second kappa shape index (κ2) is 10.2. The number of carbonyl (C=O) groups excluding carboxylic acids is 1. The maximum Gasteiger partial charge on any atom is 0.241 e. The Bertz CT molecular complexity index is 734. The second-order valence-electron chi connectivity index (χ2n) is 6.40. The lowest BCUT2D eigenvalue weighted by Crippen LogP contribution is -2.45. The van der Waals surface area contributed by atoms with Gasteiger partial charge in [0.2, 0.25) is 11.8 Å². The van der Waals surface area contributed by atoms with Crippen molar-refractivity contribution in [2.75, 3.05) is 5.32 Å². The van der Waals surface area contributed by atoms with Gasteiger partial charge in [0, 0.05) is 11.9 Å². The molecule has 1 aromatic carbocycles. The molecule has 0 spiro atoms. The predicted octanol–water partition coefficient (Wildman–Crippen LogP) is 5.34. The van der Waals surface area contributed by atoms with Gasteiger partial charge in [-0.2, -0.15) is 0 Å². The van der Waals surface area contributed by atoms with E-state index >= 15 is 0 Å². The number of pyridine rings is 1. The Labute approximate surface area is 175 Å². The van der Waals surface area contributed by atoms with Crippen LogP contribution >= 0.6 is 48.0 Å². The number of amides is 1. The third-order valence-corrected chi connectivity index (χ3v) is 3.80. The fraction of sp³-hybridized carbons (Fsp3) is 0.294. The molecule has 1 atom stereocenters. The number of nitrogens with one attached hydrogen (secondary N) is 1. The number of hydrogen-bond acceptors (Lipinski definition) is 4. The first-order chi connectivity index (χ1) is 11.2. The number of benzene rings is 1. The van der Waals surface area contributed by atoms with Crippen LogP contribution in [0.25, 0.3) is 0 Å². The van der Waals surface area contributed by atoms with Crippen LogP contribution in [-0.2, 0) is 4.79 Å². The van der Waals surface area contributed by atoms with Crippen molar-refractivity contribution in [3.63, 3.8) is 0 Å². The van der Waals surface area contributed by atoms with Crippen molar-refractivity contribution in [1.82, 2.24) is 4.98 Å². The molecule has 0 unspecified atom stereocenters. The molecule has 2 rings (SSSR count). The summed E-state index contributed by atoms with van der Waals surface area (Å²) in [5.74, 6) is 0.552. The number of anilines is 1. The summed E-state index contributed by atoms with van der Waals surface area (Å²) < 4.78 is 5.59.